The molecule has 0 radical (unpaired) electrons. The summed E-state index contributed by atoms with van der Waals surface area (Å²) in [6, 6.07) is 9.28. The predicted octanol–water partition coefficient (Wildman–Crippen LogP) is 4.31. The number of rotatable bonds is 4. The molecule has 0 spiro atoms. The van der Waals surface area contributed by atoms with Gasteiger partial charge in [0.2, 0.25) is 0 Å². The summed E-state index contributed by atoms with van der Waals surface area (Å²) in [5, 5.41) is 0. The summed E-state index contributed by atoms with van der Waals surface area (Å²) in [5.74, 6) is 1.09. The fourth-order valence-electron chi connectivity index (χ4n) is 2.34. The van der Waals surface area contributed by atoms with Crippen LogP contribution in [0.3, 0.4) is 0 Å². The molecular formula is C17H17BrO3. The molecule has 3 nitrogen and oxygen atoms in total. The van der Waals surface area contributed by atoms with Gasteiger partial charge in [0.05, 0.1) is 14.2 Å². The zero-order valence-corrected chi connectivity index (χ0v) is 14.1. The molecule has 0 aliphatic heterocycles. The second-order valence-electron chi connectivity index (χ2n) is 4.78. The van der Waals surface area contributed by atoms with Gasteiger partial charge in [-0.1, -0.05) is 18.2 Å². The molecule has 0 fully saturated rings. The molecule has 0 amide bonds. The normalized spacial score (nSPS) is 10.3. The topological polar surface area (TPSA) is 35.5 Å². The molecule has 0 aliphatic carbocycles. The van der Waals surface area contributed by atoms with Gasteiger partial charge in [-0.3, -0.25) is 4.79 Å². The summed E-state index contributed by atoms with van der Waals surface area (Å²) in [4.78, 5) is 12.9. The molecule has 2 aromatic carbocycles. The number of ether oxygens (including phenoxy) is 2. The number of hydrogen-bond acceptors (Lipinski definition) is 3. The minimum absolute atomic E-state index is 0.0292. The maximum atomic E-state index is 12.9. The van der Waals surface area contributed by atoms with E-state index in [4.69, 9.17) is 9.47 Å². The number of ketones is 1. The molecular weight excluding hydrogens is 332 g/mol. The van der Waals surface area contributed by atoms with Crippen LogP contribution in [0.2, 0.25) is 0 Å². The molecule has 2 aromatic rings. The summed E-state index contributed by atoms with van der Waals surface area (Å²) in [6.45, 7) is 3.88. The first-order valence-electron chi connectivity index (χ1n) is 6.52. The van der Waals surface area contributed by atoms with Crippen molar-refractivity contribution in [2.75, 3.05) is 14.2 Å². The Bertz CT molecular complexity index is 672. The van der Waals surface area contributed by atoms with E-state index in [1.54, 1.807) is 26.4 Å². The third kappa shape index (κ3) is 2.95. The standard InChI is InChI=1S/C17H17BrO3/c1-10-6-5-7-11(2)16(10)17(19)12-8-14(20-3)15(21-4)9-13(12)18/h5-9H,1-4H3. The van der Waals surface area contributed by atoms with Crippen LogP contribution in [-0.2, 0) is 0 Å². The highest BCUT2D eigenvalue weighted by Gasteiger charge is 2.19. The Hall–Kier alpha value is -1.81. The van der Waals surface area contributed by atoms with Crippen LogP contribution in [-0.4, -0.2) is 20.0 Å². The highest BCUT2D eigenvalue weighted by Crippen LogP contribution is 2.35. The van der Waals surface area contributed by atoms with Crippen LogP contribution >= 0.6 is 15.9 Å². The van der Waals surface area contributed by atoms with E-state index in [1.165, 1.54) is 0 Å². The van der Waals surface area contributed by atoms with E-state index < -0.39 is 0 Å². The Kier molecular flexibility index (Phi) is 4.68. The van der Waals surface area contributed by atoms with Crippen LogP contribution < -0.4 is 9.47 Å². The number of methoxy groups -OCH3 is 2. The highest BCUT2D eigenvalue weighted by atomic mass is 79.9. The molecule has 0 atom stereocenters. The Morgan fingerprint density at radius 3 is 2.05 bits per heavy atom. The fourth-order valence-corrected chi connectivity index (χ4v) is 2.84. The average molecular weight is 349 g/mol. The first-order valence-corrected chi connectivity index (χ1v) is 7.31. The Morgan fingerprint density at radius 1 is 1.00 bits per heavy atom. The monoisotopic (exact) mass is 348 g/mol. The summed E-state index contributed by atoms with van der Waals surface area (Å²) in [5.41, 5.74) is 3.21. The molecule has 0 aliphatic rings. The first-order chi connectivity index (χ1) is 9.99. The highest BCUT2D eigenvalue weighted by molar-refractivity contribution is 9.10. The van der Waals surface area contributed by atoms with Crippen molar-refractivity contribution in [2.45, 2.75) is 13.8 Å². The quantitative estimate of drug-likeness (QED) is 0.772. The van der Waals surface area contributed by atoms with Crippen LogP contribution in [0.25, 0.3) is 0 Å². The van der Waals surface area contributed by atoms with Crippen molar-refractivity contribution in [3.63, 3.8) is 0 Å². The summed E-state index contributed by atoms with van der Waals surface area (Å²) in [7, 11) is 3.12. The average Bonchev–Trinajstić information content (AvgIpc) is 2.46. The van der Waals surface area contributed by atoms with Crippen LogP contribution in [0.15, 0.2) is 34.8 Å². The molecule has 0 saturated heterocycles. The number of carbonyl (C=O) groups is 1. The van der Waals surface area contributed by atoms with Gasteiger partial charge in [0, 0.05) is 15.6 Å². The number of carbonyl (C=O) groups excluding carboxylic acids is 1. The predicted molar refractivity (Wildman–Crippen MR) is 86.6 cm³/mol. The Labute approximate surface area is 133 Å². The molecule has 0 unspecified atom stereocenters. The zero-order valence-electron chi connectivity index (χ0n) is 12.5. The van der Waals surface area contributed by atoms with Crippen LogP contribution in [0.1, 0.15) is 27.0 Å². The second-order valence-corrected chi connectivity index (χ2v) is 5.64. The summed E-state index contributed by atoms with van der Waals surface area (Å²) >= 11 is 3.44. The van der Waals surface area contributed by atoms with Crippen LogP contribution in [0.4, 0.5) is 0 Å². The number of benzene rings is 2. The van der Waals surface area contributed by atoms with Crippen molar-refractivity contribution in [1.82, 2.24) is 0 Å². The molecule has 110 valence electrons. The van der Waals surface area contributed by atoms with Crippen molar-refractivity contribution >= 4 is 21.7 Å². The van der Waals surface area contributed by atoms with E-state index >= 15 is 0 Å². The summed E-state index contributed by atoms with van der Waals surface area (Å²) in [6.07, 6.45) is 0. The maximum Gasteiger partial charge on any atom is 0.194 e. The molecule has 2 rings (SSSR count). The summed E-state index contributed by atoms with van der Waals surface area (Å²) < 4.78 is 11.2. The first kappa shape index (κ1) is 15.6. The van der Waals surface area contributed by atoms with Gasteiger partial charge in [0.15, 0.2) is 17.3 Å². The lowest BCUT2D eigenvalue weighted by Crippen LogP contribution is -2.08. The lowest BCUT2D eigenvalue weighted by molar-refractivity contribution is 0.103. The van der Waals surface area contributed by atoms with E-state index in [2.05, 4.69) is 15.9 Å². The lowest BCUT2D eigenvalue weighted by atomic mass is 9.95. The fraction of sp³-hybridized carbons (Fsp3) is 0.235. The van der Waals surface area contributed by atoms with E-state index in [-0.39, 0.29) is 5.78 Å². The second kappa shape index (κ2) is 6.31. The molecule has 21 heavy (non-hydrogen) atoms. The van der Waals surface area contributed by atoms with Gasteiger partial charge in [-0.05, 0) is 53.0 Å². The van der Waals surface area contributed by atoms with Crippen molar-refractivity contribution in [3.05, 3.63) is 57.1 Å². The van der Waals surface area contributed by atoms with E-state index in [0.29, 0.717) is 21.5 Å². The molecule has 0 aromatic heterocycles. The third-order valence-corrected chi connectivity index (χ3v) is 4.08. The van der Waals surface area contributed by atoms with E-state index in [0.717, 1.165) is 16.7 Å². The smallest absolute Gasteiger partial charge is 0.194 e. The van der Waals surface area contributed by atoms with Crippen molar-refractivity contribution in [3.8, 4) is 11.5 Å². The van der Waals surface area contributed by atoms with Crippen LogP contribution in [0.5, 0.6) is 11.5 Å². The molecule has 0 N–H and O–H groups in total. The minimum atomic E-state index is -0.0292. The SMILES string of the molecule is COc1cc(Br)c(C(=O)c2c(C)cccc2C)cc1OC. The van der Waals surface area contributed by atoms with Gasteiger partial charge in [-0.25, -0.2) is 0 Å². The molecule has 4 heteroatoms. The number of hydrogen-bond donors (Lipinski definition) is 0. The van der Waals surface area contributed by atoms with Gasteiger partial charge in [0.1, 0.15) is 0 Å². The van der Waals surface area contributed by atoms with Crippen molar-refractivity contribution in [1.29, 1.82) is 0 Å². The molecule has 0 saturated carbocycles. The van der Waals surface area contributed by atoms with Gasteiger partial charge in [0.25, 0.3) is 0 Å². The van der Waals surface area contributed by atoms with Crippen LogP contribution in [0, 0.1) is 13.8 Å². The lowest BCUT2D eigenvalue weighted by Gasteiger charge is -2.13. The molecule has 0 bridgehead atoms. The Balaban J connectivity index is 2.59. The minimum Gasteiger partial charge on any atom is -0.493 e. The van der Waals surface area contributed by atoms with Gasteiger partial charge < -0.3 is 9.47 Å². The van der Waals surface area contributed by atoms with E-state index in [1.807, 2.05) is 32.0 Å². The largest absolute Gasteiger partial charge is 0.493 e. The number of aryl methyl sites for hydroxylation is 2. The van der Waals surface area contributed by atoms with Crippen molar-refractivity contribution in [2.24, 2.45) is 0 Å². The van der Waals surface area contributed by atoms with Gasteiger partial charge in [-0.2, -0.15) is 0 Å². The maximum absolute atomic E-state index is 12.9. The zero-order chi connectivity index (χ0) is 15.6. The van der Waals surface area contributed by atoms with Gasteiger partial charge >= 0.3 is 0 Å². The van der Waals surface area contributed by atoms with Gasteiger partial charge in [-0.15, -0.1) is 0 Å². The third-order valence-electron chi connectivity index (χ3n) is 3.43. The van der Waals surface area contributed by atoms with Crippen molar-refractivity contribution < 1.29 is 14.3 Å². The molecule has 0 heterocycles. The van der Waals surface area contributed by atoms with E-state index in [9.17, 15) is 4.79 Å². The number of halogens is 1. The Morgan fingerprint density at radius 2 is 1.52 bits per heavy atom.